The van der Waals surface area contributed by atoms with Gasteiger partial charge in [0.05, 0.1) is 12.2 Å². The average Bonchev–Trinajstić information content (AvgIpc) is 3.31. The van der Waals surface area contributed by atoms with Crippen LogP contribution in [0.2, 0.25) is 0 Å². The molecule has 5 heteroatoms. The molecule has 0 spiro atoms. The van der Waals surface area contributed by atoms with Gasteiger partial charge in [-0.3, -0.25) is 9.59 Å². The number of carboxylic acids is 1. The van der Waals surface area contributed by atoms with Crippen molar-refractivity contribution in [1.82, 2.24) is 0 Å². The van der Waals surface area contributed by atoms with Crippen molar-refractivity contribution in [3.63, 3.8) is 0 Å². The van der Waals surface area contributed by atoms with Crippen molar-refractivity contribution in [3.8, 4) is 0 Å². The number of ether oxygens (including phenoxy) is 1. The van der Waals surface area contributed by atoms with Crippen LogP contribution in [0.1, 0.15) is 71.1 Å². The number of hydrogen-bond donors (Lipinski definition) is 2. The summed E-state index contributed by atoms with van der Waals surface area (Å²) in [5.41, 5.74) is 0. The number of carbonyl (C=O) groups excluding carboxylic acids is 1. The van der Waals surface area contributed by atoms with E-state index in [9.17, 15) is 14.7 Å². The van der Waals surface area contributed by atoms with E-state index in [2.05, 4.69) is 6.92 Å². The first-order valence-electron chi connectivity index (χ1n) is 9.82. The summed E-state index contributed by atoms with van der Waals surface area (Å²) in [6.07, 6.45) is 11.8. The van der Waals surface area contributed by atoms with Crippen LogP contribution in [0.4, 0.5) is 0 Å². The van der Waals surface area contributed by atoms with Crippen molar-refractivity contribution < 1.29 is 24.5 Å². The number of aliphatic hydroxyl groups is 1. The first kappa shape index (κ1) is 20.1. The lowest BCUT2D eigenvalue weighted by molar-refractivity contribution is -0.137. The molecule has 2 fully saturated rings. The third-order valence-corrected chi connectivity index (χ3v) is 5.33. The topological polar surface area (TPSA) is 87.1 Å². The Morgan fingerprint density at radius 2 is 1.96 bits per heavy atom. The number of carboxylic acid groups (broad SMARTS) is 1. The second kappa shape index (κ2) is 10.1. The van der Waals surface area contributed by atoms with E-state index in [-0.39, 0.29) is 36.2 Å². The molecular formula is C20H32O5. The van der Waals surface area contributed by atoms with Crippen molar-refractivity contribution >= 4 is 11.8 Å². The Morgan fingerprint density at radius 1 is 1.20 bits per heavy atom. The number of unbranched alkanes of at least 4 members (excludes halogenated alkanes) is 5. The first-order valence-corrected chi connectivity index (χ1v) is 9.82. The van der Waals surface area contributed by atoms with Crippen molar-refractivity contribution in [2.24, 2.45) is 11.8 Å². The first-order chi connectivity index (χ1) is 12.0. The molecule has 0 bridgehead atoms. The Kier molecular flexibility index (Phi) is 8.10. The highest BCUT2D eigenvalue weighted by Crippen LogP contribution is 2.47. The highest BCUT2D eigenvalue weighted by atomic mass is 16.6. The summed E-state index contributed by atoms with van der Waals surface area (Å²) in [4.78, 5) is 22.8. The Morgan fingerprint density at radius 3 is 2.68 bits per heavy atom. The van der Waals surface area contributed by atoms with E-state index in [4.69, 9.17) is 9.84 Å². The molecule has 1 aliphatic carbocycles. The van der Waals surface area contributed by atoms with Crippen LogP contribution < -0.4 is 0 Å². The predicted octanol–water partition coefficient (Wildman–Crippen LogP) is 3.49. The summed E-state index contributed by atoms with van der Waals surface area (Å²) in [6.45, 7) is 2.14. The van der Waals surface area contributed by atoms with E-state index < -0.39 is 12.1 Å². The van der Waals surface area contributed by atoms with Gasteiger partial charge in [-0.05, 0) is 19.3 Å². The normalized spacial score (nSPS) is 29.1. The molecule has 2 N–H and O–H groups in total. The molecule has 25 heavy (non-hydrogen) atoms. The van der Waals surface area contributed by atoms with Gasteiger partial charge in [-0.2, -0.15) is 0 Å². The average molecular weight is 352 g/mol. The summed E-state index contributed by atoms with van der Waals surface area (Å²) in [6, 6.07) is 0. The number of rotatable bonds is 13. The monoisotopic (exact) mass is 352 g/mol. The van der Waals surface area contributed by atoms with Crippen molar-refractivity contribution in [2.75, 3.05) is 0 Å². The zero-order valence-electron chi connectivity index (χ0n) is 15.2. The molecule has 0 aromatic carbocycles. The summed E-state index contributed by atoms with van der Waals surface area (Å²) in [7, 11) is 0. The number of epoxide rings is 1. The maximum absolute atomic E-state index is 12.3. The third-order valence-electron chi connectivity index (χ3n) is 5.33. The molecule has 0 unspecified atom stereocenters. The fraction of sp³-hybridized carbons (Fsp3) is 0.800. The van der Waals surface area contributed by atoms with Gasteiger partial charge in [-0.15, -0.1) is 0 Å². The van der Waals surface area contributed by atoms with E-state index in [0.29, 0.717) is 6.42 Å². The number of Topliss-reactive ketones (excluding diaryl/α,β-unsaturated/α-hetero) is 1. The van der Waals surface area contributed by atoms with Crippen molar-refractivity contribution in [3.05, 3.63) is 12.2 Å². The van der Waals surface area contributed by atoms with Crippen LogP contribution in [0, 0.1) is 11.8 Å². The molecule has 5 atom stereocenters. The minimum Gasteiger partial charge on any atom is -0.481 e. The quantitative estimate of drug-likeness (QED) is 0.301. The fourth-order valence-corrected chi connectivity index (χ4v) is 3.80. The summed E-state index contributed by atoms with van der Waals surface area (Å²) in [5, 5.41) is 18.7. The van der Waals surface area contributed by atoms with Crippen LogP contribution in [0.5, 0.6) is 0 Å². The van der Waals surface area contributed by atoms with Crippen LogP contribution in [0.25, 0.3) is 0 Å². The van der Waals surface area contributed by atoms with Gasteiger partial charge in [0, 0.05) is 18.3 Å². The summed E-state index contributed by atoms with van der Waals surface area (Å²) < 4.78 is 5.46. The molecule has 142 valence electrons. The molecule has 1 heterocycles. The lowest BCUT2D eigenvalue weighted by atomic mass is 9.88. The van der Waals surface area contributed by atoms with Gasteiger partial charge in [0.15, 0.2) is 5.78 Å². The van der Waals surface area contributed by atoms with Crippen LogP contribution in [0.15, 0.2) is 12.2 Å². The summed E-state index contributed by atoms with van der Waals surface area (Å²) in [5.74, 6) is -0.434. The predicted molar refractivity (Wildman–Crippen MR) is 95.3 cm³/mol. The minimum atomic E-state index is -0.745. The zero-order chi connectivity index (χ0) is 18.2. The highest BCUT2D eigenvalue weighted by Gasteiger charge is 2.60. The van der Waals surface area contributed by atoms with Crippen LogP contribution in [-0.2, 0) is 14.3 Å². The lowest BCUT2D eigenvalue weighted by Crippen LogP contribution is -2.21. The Balaban J connectivity index is 1.73. The molecule has 0 aromatic heterocycles. The number of aliphatic hydroxyl groups excluding tert-OH is 1. The number of carbonyl (C=O) groups is 2. The van der Waals surface area contributed by atoms with Gasteiger partial charge in [-0.1, -0.05) is 57.6 Å². The number of fused-ring (bicyclic) bond motifs is 1. The second-order valence-corrected chi connectivity index (χ2v) is 7.40. The molecule has 0 aromatic rings. The second-order valence-electron chi connectivity index (χ2n) is 7.40. The Hall–Kier alpha value is -1.20. The zero-order valence-corrected chi connectivity index (χ0v) is 15.2. The maximum Gasteiger partial charge on any atom is 0.303 e. The largest absolute Gasteiger partial charge is 0.481 e. The lowest BCUT2D eigenvalue weighted by Gasteiger charge is -2.18. The highest BCUT2D eigenvalue weighted by molar-refractivity contribution is 5.91. The maximum atomic E-state index is 12.3. The van der Waals surface area contributed by atoms with Crippen LogP contribution >= 0.6 is 0 Å². The van der Waals surface area contributed by atoms with Gasteiger partial charge in [0.25, 0.3) is 0 Å². The van der Waals surface area contributed by atoms with Crippen LogP contribution in [0.3, 0.4) is 0 Å². The SMILES string of the molecule is CCCCC[C@H](O)C=C[C@H]1[C@@H]2O[C@H]2C(=O)[C@@H]1CCCCCCC(=O)O. The van der Waals surface area contributed by atoms with E-state index in [1.165, 1.54) is 0 Å². The molecule has 0 radical (unpaired) electrons. The van der Waals surface area contributed by atoms with E-state index in [0.717, 1.165) is 51.4 Å². The molecule has 0 amide bonds. The van der Waals surface area contributed by atoms with Crippen molar-refractivity contribution in [1.29, 1.82) is 0 Å². The Labute approximate surface area is 150 Å². The Bertz CT molecular complexity index is 473. The molecule has 2 rings (SSSR count). The third kappa shape index (κ3) is 6.23. The van der Waals surface area contributed by atoms with E-state index in [1.807, 2.05) is 12.2 Å². The van der Waals surface area contributed by atoms with Crippen LogP contribution in [-0.4, -0.2) is 40.3 Å². The molecule has 1 saturated carbocycles. The summed E-state index contributed by atoms with van der Waals surface area (Å²) >= 11 is 0. The number of ketones is 1. The molecule has 1 saturated heterocycles. The van der Waals surface area contributed by atoms with Gasteiger partial charge >= 0.3 is 5.97 Å². The van der Waals surface area contributed by atoms with E-state index >= 15 is 0 Å². The fourth-order valence-electron chi connectivity index (χ4n) is 3.80. The van der Waals surface area contributed by atoms with Crippen molar-refractivity contribution in [2.45, 2.75) is 89.4 Å². The number of aliphatic carboxylic acids is 1. The molecule has 5 nitrogen and oxygen atoms in total. The standard InChI is InChI=1S/C20H32O5/c1-2-3-6-9-14(21)12-13-16-15(18(24)20-19(16)25-20)10-7-4-5-8-11-17(22)23/h12-16,19-21H,2-11H2,1H3,(H,22,23)/t14-,15+,16+,19-,20-/m0/s1. The van der Waals surface area contributed by atoms with E-state index in [1.54, 1.807) is 0 Å². The smallest absolute Gasteiger partial charge is 0.303 e. The number of hydrogen-bond acceptors (Lipinski definition) is 4. The van der Waals surface area contributed by atoms with Gasteiger partial charge < -0.3 is 14.9 Å². The van der Waals surface area contributed by atoms with Gasteiger partial charge in [0.2, 0.25) is 0 Å². The van der Waals surface area contributed by atoms with Gasteiger partial charge in [-0.25, -0.2) is 0 Å². The molecular weight excluding hydrogens is 320 g/mol. The molecule has 1 aliphatic heterocycles. The molecule has 2 aliphatic rings. The minimum absolute atomic E-state index is 0.00214. The van der Waals surface area contributed by atoms with Gasteiger partial charge in [0.1, 0.15) is 6.10 Å².